The number of likely N-dealkylation sites (tertiary alicyclic amines) is 1. The van der Waals surface area contributed by atoms with Crippen LogP contribution in [0.4, 0.5) is 11.8 Å². The first kappa shape index (κ1) is 41.3. The van der Waals surface area contributed by atoms with Crippen LogP contribution < -0.4 is 21.2 Å². The number of piperidine rings is 2. The van der Waals surface area contributed by atoms with Gasteiger partial charge in [0, 0.05) is 88.4 Å². The minimum atomic E-state index is -3.67. The van der Waals surface area contributed by atoms with Crippen LogP contribution in [0, 0.1) is 11.3 Å². The summed E-state index contributed by atoms with van der Waals surface area (Å²) in [6, 6.07) is 5.13. The first-order chi connectivity index (χ1) is 29.8. The molecule has 2 spiro atoms. The van der Waals surface area contributed by atoms with Gasteiger partial charge in [0.2, 0.25) is 29.6 Å². The summed E-state index contributed by atoms with van der Waals surface area (Å²) < 4.78 is 34.3. The fourth-order valence-corrected chi connectivity index (χ4v) is 13.4. The molecule has 4 atom stereocenters. The van der Waals surface area contributed by atoms with E-state index in [9.17, 15) is 32.4 Å². The van der Waals surface area contributed by atoms with E-state index in [1.807, 2.05) is 34.2 Å². The Hall–Kier alpha value is -4.68. The van der Waals surface area contributed by atoms with Crippen molar-refractivity contribution in [2.24, 2.45) is 18.4 Å². The molecule has 4 unspecified atom stereocenters. The van der Waals surface area contributed by atoms with Crippen LogP contribution in [0.15, 0.2) is 29.2 Å². The summed E-state index contributed by atoms with van der Waals surface area (Å²) in [7, 11) is -1.98. The number of imidazole rings is 1. The second-order valence-electron chi connectivity index (χ2n) is 19.3. The van der Waals surface area contributed by atoms with Crippen molar-refractivity contribution in [2.75, 3.05) is 49.5 Å². The van der Waals surface area contributed by atoms with E-state index in [4.69, 9.17) is 4.98 Å². The van der Waals surface area contributed by atoms with Gasteiger partial charge in [-0.05, 0) is 94.6 Å². The number of carbonyl (C=O) groups excluding carboxylic acids is 4. The highest BCUT2D eigenvalue weighted by Crippen LogP contribution is 2.58. The molecule has 0 radical (unpaired) electrons. The number of anilines is 2. The number of carbonyl (C=O) groups is 4. The Balaban J connectivity index is 0.701. The summed E-state index contributed by atoms with van der Waals surface area (Å²) in [6.45, 7) is 5.05. The molecule has 17 nitrogen and oxygen atoms in total. The molecule has 3 aromatic rings. The van der Waals surface area contributed by atoms with Gasteiger partial charge in [-0.2, -0.15) is 22.0 Å². The second-order valence-corrected chi connectivity index (χ2v) is 21.2. The monoisotopic (exact) mass is 870 g/mol. The van der Waals surface area contributed by atoms with E-state index >= 15 is 0 Å². The predicted molar refractivity (Wildman–Crippen MR) is 230 cm³/mol. The van der Waals surface area contributed by atoms with Crippen molar-refractivity contribution in [2.45, 2.75) is 127 Å². The third kappa shape index (κ3) is 6.94. The molecule has 2 N–H and O–H groups in total. The van der Waals surface area contributed by atoms with Crippen LogP contribution in [0.2, 0.25) is 0 Å². The molecule has 0 bridgehead atoms. The number of nitrogens with one attached hydrogen (secondary N) is 2. The van der Waals surface area contributed by atoms with Crippen LogP contribution in [0.3, 0.4) is 0 Å². The molecule has 2 aromatic heterocycles. The van der Waals surface area contributed by atoms with E-state index < -0.39 is 27.6 Å². The van der Waals surface area contributed by atoms with Crippen LogP contribution in [0.1, 0.15) is 114 Å². The van der Waals surface area contributed by atoms with Gasteiger partial charge < -0.3 is 10.2 Å². The maximum absolute atomic E-state index is 14.0. The van der Waals surface area contributed by atoms with Crippen LogP contribution in [-0.2, 0) is 48.3 Å². The molecule has 1 aromatic carbocycles. The van der Waals surface area contributed by atoms with Gasteiger partial charge in [-0.1, -0.05) is 25.5 Å². The van der Waals surface area contributed by atoms with Crippen LogP contribution in [0.25, 0.3) is 11.0 Å². The molecule has 2 aliphatic carbocycles. The van der Waals surface area contributed by atoms with Crippen molar-refractivity contribution in [3.05, 3.63) is 46.0 Å². The van der Waals surface area contributed by atoms with Crippen molar-refractivity contribution in [1.82, 2.24) is 37.9 Å². The van der Waals surface area contributed by atoms with Crippen molar-refractivity contribution in [1.29, 1.82) is 0 Å². The van der Waals surface area contributed by atoms with Gasteiger partial charge in [0.15, 0.2) is 0 Å². The van der Waals surface area contributed by atoms with Crippen LogP contribution in [0.5, 0.6) is 0 Å². The molecule has 6 fully saturated rings. The lowest BCUT2D eigenvalue weighted by Gasteiger charge is -2.34. The molecule has 2 saturated carbocycles. The van der Waals surface area contributed by atoms with Gasteiger partial charge in [0.1, 0.15) is 11.9 Å². The number of aromatic nitrogens is 4. The first-order valence-corrected chi connectivity index (χ1v) is 24.2. The Labute approximate surface area is 361 Å². The van der Waals surface area contributed by atoms with Gasteiger partial charge in [-0.15, -0.1) is 0 Å². The van der Waals surface area contributed by atoms with Gasteiger partial charge in [0.05, 0.1) is 16.4 Å². The topological polar surface area (TPSA) is 192 Å². The lowest BCUT2D eigenvalue weighted by molar-refractivity contribution is -0.136. The number of benzene rings is 1. The third-order valence-corrected chi connectivity index (χ3v) is 17.4. The molecule has 4 saturated heterocycles. The lowest BCUT2D eigenvalue weighted by Crippen LogP contribution is -2.49. The number of hydrogen-bond acceptors (Lipinski definition) is 10. The number of aryl methyl sites for hydroxylation is 2. The molecule has 62 heavy (non-hydrogen) atoms. The summed E-state index contributed by atoms with van der Waals surface area (Å²) in [5.41, 5.74) is 2.37. The normalized spacial score (nSPS) is 27.9. The number of hydrogen-bond donors (Lipinski definition) is 2. The maximum atomic E-state index is 14.0. The van der Waals surface area contributed by atoms with Gasteiger partial charge in [-0.3, -0.25) is 38.5 Å². The van der Waals surface area contributed by atoms with Crippen molar-refractivity contribution >= 4 is 56.6 Å². The van der Waals surface area contributed by atoms with Crippen LogP contribution >= 0.6 is 0 Å². The molecule has 332 valence electrons. The van der Waals surface area contributed by atoms with E-state index in [1.54, 1.807) is 20.2 Å². The molecule has 18 heteroatoms. The van der Waals surface area contributed by atoms with E-state index in [0.29, 0.717) is 88.8 Å². The smallest absolute Gasteiger partial charge is 0.329 e. The summed E-state index contributed by atoms with van der Waals surface area (Å²) in [4.78, 5) is 78.3. The quantitative estimate of drug-likeness (QED) is 0.214. The largest absolute Gasteiger partial charge is 0.351 e. The summed E-state index contributed by atoms with van der Waals surface area (Å²) >= 11 is 0. The van der Waals surface area contributed by atoms with Crippen molar-refractivity contribution < 1.29 is 27.6 Å². The number of para-hydroxylation sites is 1. The first-order valence-electron chi connectivity index (χ1n) is 22.8. The zero-order valence-electron chi connectivity index (χ0n) is 35.8. The van der Waals surface area contributed by atoms with Crippen LogP contribution in [-0.4, -0.2) is 116 Å². The Kier molecular flexibility index (Phi) is 10.4. The van der Waals surface area contributed by atoms with Crippen molar-refractivity contribution in [3.63, 3.8) is 0 Å². The number of imide groups is 1. The highest BCUT2D eigenvalue weighted by molar-refractivity contribution is 7.86. The van der Waals surface area contributed by atoms with E-state index in [-0.39, 0.29) is 53.8 Å². The van der Waals surface area contributed by atoms with Gasteiger partial charge in [-0.25, -0.2) is 9.78 Å². The summed E-state index contributed by atoms with van der Waals surface area (Å²) in [5.74, 6) is 1.18. The Morgan fingerprint density at radius 1 is 0.935 bits per heavy atom. The number of unbranched alkanes of at least 4 members (excludes halogenated alkanes) is 1. The maximum Gasteiger partial charge on any atom is 0.329 e. The zero-order valence-corrected chi connectivity index (χ0v) is 36.6. The Bertz CT molecular complexity index is 2510. The minimum absolute atomic E-state index is 0.0130. The summed E-state index contributed by atoms with van der Waals surface area (Å²) in [5, 5.41) is 5.83. The third-order valence-electron chi connectivity index (χ3n) is 15.5. The highest BCUT2D eigenvalue weighted by atomic mass is 32.2. The van der Waals surface area contributed by atoms with Gasteiger partial charge >= 0.3 is 5.69 Å². The van der Waals surface area contributed by atoms with E-state index in [1.165, 1.54) is 4.57 Å². The standard InChI is InChI=1S/C44H58N10O7S/c1-28-7-5-10-32(28)54-38-31(44(17-18-44)40(54)58)25-45-41(48-38)46-30-15-21-51(22-16-30)62(60,61)52-24-20-43(27-52)19-23-50(26-43)36(56)12-4-3-8-29-9-6-11-33-37(29)49(2)42(59)53(33)34-13-14-35(55)47-39(34)57/h6,9,11,25,28,30,32,34H,3-5,7-8,10,12-24,26-27H2,1-2H3,(H,45,46,48)(H,47,55,57). The van der Waals surface area contributed by atoms with Crippen molar-refractivity contribution in [3.8, 4) is 0 Å². The Morgan fingerprint density at radius 2 is 1.73 bits per heavy atom. The zero-order chi connectivity index (χ0) is 43.1. The van der Waals surface area contributed by atoms with E-state index in [2.05, 4.69) is 22.5 Å². The van der Waals surface area contributed by atoms with E-state index in [0.717, 1.165) is 73.8 Å². The molecular formula is C44H58N10O7S. The average Bonchev–Trinajstić information content (AvgIpc) is 3.53. The minimum Gasteiger partial charge on any atom is -0.351 e. The molecule has 7 heterocycles. The fourth-order valence-electron chi connectivity index (χ4n) is 11.7. The number of rotatable bonds is 11. The predicted octanol–water partition coefficient (Wildman–Crippen LogP) is 3.13. The second kappa shape index (κ2) is 15.5. The molecule has 5 aliphatic heterocycles. The lowest BCUT2D eigenvalue weighted by atomic mass is 9.86. The number of fused-ring (bicyclic) bond motifs is 3. The molecule has 10 rings (SSSR count). The number of amides is 4. The summed E-state index contributed by atoms with van der Waals surface area (Å²) in [6.07, 6.45) is 12.4. The molecule has 4 amide bonds. The Morgan fingerprint density at radius 3 is 2.47 bits per heavy atom. The molecule has 7 aliphatic rings. The fraction of sp³-hybridized carbons (Fsp3) is 0.659. The number of nitrogens with zero attached hydrogens (tertiary/aromatic N) is 8. The van der Waals surface area contributed by atoms with Gasteiger partial charge in [0.25, 0.3) is 10.2 Å². The highest BCUT2D eigenvalue weighted by Gasteiger charge is 2.62. The average molecular weight is 871 g/mol. The SMILES string of the molecule is CC1CCCC1N1C(=O)C2(CC2)c2cnc(NC3CCN(S(=O)(=O)N4CCC5(CCN(C(=O)CCCCc6cccc7c6n(C)c(=O)n7C6CCC(=O)NC6=O)C5)C4)CC3)nc21. The molecular weight excluding hydrogens is 813 g/mol.